The number of rotatable bonds is 1. The number of esters is 1. The SMILES string of the molecule is C=C1COC(=O)C(C)=C1c1ccccc1. The summed E-state index contributed by atoms with van der Waals surface area (Å²) >= 11 is 0. The van der Waals surface area contributed by atoms with Crippen molar-refractivity contribution in [3.05, 3.63) is 53.6 Å². The van der Waals surface area contributed by atoms with Gasteiger partial charge in [-0.3, -0.25) is 0 Å². The Bertz CT molecular complexity index is 441. The Kier molecular flexibility index (Phi) is 2.42. The highest BCUT2D eigenvalue weighted by molar-refractivity contribution is 6.03. The van der Waals surface area contributed by atoms with Gasteiger partial charge in [-0.05, 0) is 23.6 Å². The number of hydrogen-bond acceptors (Lipinski definition) is 2. The summed E-state index contributed by atoms with van der Waals surface area (Å²) in [6.45, 7) is 5.99. The van der Waals surface area contributed by atoms with Crippen molar-refractivity contribution in [1.82, 2.24) is 0 Å². The number of hydrogen-bond donors (Lipinski definition) is 0. The molecule has 1 aromatic carbocycles. The van der Waals surface area contributed by atoms with Crippen LogP contribution in [0, 0.1) is 0 Å². The molecular formula is C13H12O2. The van der Waals surface area contributed by atoms with Crippen molar-refractivity contribution in [3.8, 4) is 0 Å². The average molecular weight is 200 g/mol. The van der Waals surface area contributed by atoms with Crippen LogP contribution in [0.4, 0.5) is 0 Å². The molecule has 0 radical (unpaired) electrons. The van der Waals surface area contributed by atoms with Gasteiger partial charge in [-0.15, -0.1) is 0 Å². The third-order valence-electron chi connectivity index (χ3n) is 2.47. The number of benzene rings is 1. The maximum absolute atomic E-state index is 11.4. The fourth-order valence-electron chi connectivity index (χ4n) is 1.73. The van der Waals surface area contributed by atoms with Gasteiger partial charge < -0.3 is 4.74 Å². The molecule has 0 aliphatic carbocycles. The van der Waals surface area contributed by atoms with E-state index < -0.39 is 0 Å². The summed E-state index contributed by atoms with van der Waals surface area (Å²) in [5.41, 5.74) is 3.44. The molecule has 0 aromatic heterocycles. The minimum absolute atomic E-state index is 0.249. The monoisotopic (exact) mass is 200 g/mol. The Hall–Kier alpha value is -1.83. The Morgan fingerprint density at radius 2 is 1.93 bits per heavy atom. The Labute approximate surface area is 88.9 Å². The number of carbonyl (C=O) groups excluding carboxylic acids is 1. The van der Waals surface area contributed by atoms with Crippen molar-refractivity contribution < 1.29 is 9.53 Å². The van der Waals surface area contributed by atoms with Crippen molar-refractivity contribution in [2.24, 2.45) is 0 Å². The van der Waals surface area contributed by atoms with Crippen LogP contribution in [-0.2, 0) is 9.53 Å². The van der Waals surface area contributed by atoms with Crippen LogP contribution in [0.15, 0.2) is 48.1 Å². The summed E-state index contributed by atoms with van der Waals surface area (Å²) in [5, 5.41) is 0. The lowest BCUT2D eigenvalue weighted by Crippen LogP contribution is -2.17. The molecule has 0 bridgehead atoms. The summed E-state index contributed by atoms with van der Waals surface area (Å²) in [4.78, 5) is 11.4. The van der Waals surface area contributed by atoms with Gasteiger partial charge in [0.25, 0.3) is 0 Å². The molecule has 1 aliphatic rings. The molecule has 0 fully saturated rings. The van der Waals surface area contributed by atoms with Gasteiger partial charge in [-0.1, -0.05) is 36.9 Å². The zero-order valence-electron chi connectivity index (χ0n) is 8.62. The quantitative estimate of drug-likeness (QED) is 0.651. The second-order valence-electron chi connectivity index (χ2n) is 3.55. The highest BCUT2D eigenvalue weighted by atomic mass is 16.5. The van der Waals surface area contributed by atoms with Crippen LogP contribution >= 0.6 is 0 Å². The first-order valence-corrected chi connectivity index (χ1v) is 4.81. The zero-order valence-corrected chi connectivity index (χ0v) is 8.62. The van der Waals surface area contributed by atoms with Gasteiger partial charge in [0.15, 0.2) is 0 Å². The Morgan fingerprint density at radius 1 is 1.27 bits per heavy atom. The minimum atomic E-state index is -0.249. The van der Waals surface area contributed by atoms with Crippen LogP contribution in [-0.4, -0.2) is 12.6 Å². The van der Waals surface area contributed by atoms with Crippen molar-refractivity contribution >= 4 is 11.5 Å². The molecule has 1 heterocycles. The van der Waals surface area contributed by atoms with Crippen molar-refractivity contribution in [2.75, 3.05) is 6.61 Å². The third-order valence-corrected chi connectivity index (χ3v) is 2.47. The van der Waals surface area contributed by atoms with Gasteiger partial charge in [-0.2, -0.15) is 0 Å². The molecule has 0 atom stereocenters. The Balaban J connectivity index is 2.55. The predicted octanol–water partition coefficient (Wildman–Crippen LogP) is 2.57. The van der Waals surface area contributed by atoms with E-state index in [2.05, 4.69) is 6.58 Å². The highest BCUT2D eigenvalue weighted by Gasteiger charge is 2.21. The van der Waals surface area contributed by atoms with Crippen LogP contribution in [0.3, 0.4) is 0 Å². The van der Waals surface area contributed by atoms with Gasteiger partial charge in [0, 0.05) is 5.57 Å². The molecular weight excluding hydrogens is 188 g/mol. The molecule has 15 heavy (non-hydrogen) atoms. The van der Waals surface area contributed by atoms with Crippen LogP contribution in [0.1, 0.15) is 12.5 Å². The molecule has 0 N–H and O–H groups in total. The minimum Gasteiger partial charge on any atom is -0.457 e. The summed E-state index contributed by atoms with van der Waals surface area (Å²) in [6.07, 6.45) is 0. The fraction of sp³-hybridized carbons (Fsp3) is 0.154. The number of ether oxygens (including phenoxy) is 1. The predicted molar refractivity (Wildman–Crippen MR) is 59.1 cm³/mol. The van der Waals surface area contributed by atoms with E-state index in [0.29, 0.717) is 12.2 Å². The van der Waals surface area contributed by atoms with Crippen LogP contribution < -0.4 is 0 Å². The molecule has 0 unspecified atom stereocenters. The van der Waals surface area contributed by atoms with Gasteiger partial charge in [-0.25, -0.2) is 4.79 Å². The average Bonchev–Trinajstić information content (AvgIpc) is 2.26. The van der Waals surface area contributed by atoms with E-state index in [1.54, 1.807) is 6.92 Å². The molecule has 1 aliphatic heterocycles. The lowest BCUT2D eigenvalue weighted by atomic mass is 9.93. The highest BCUT2D eigenvalue weighted by Crippen LogP contribution is 2.29. The summed E-state index contributed by atoms with van der Waals surface area (Å²) in [7, 11) is 0. The maximum atomic E-state index is 11.4. The first-order chi connectivity index (χ1) is 7.20. The van der Waals surface area contributed by atoms with Gasteiger partial charge in [0.05, 0.1) is 0 Å². The van der Waals surface area contributed by atoms with E-state index in [1.807, 2.05) is 30.3 Å². The second kappa shape index (κ2) is 3.73. The summed E-state index contributed by atoms with van der Waals surface area (Å²) in [5.74, 6) is -0.249. The molecule has 0 saturated heterocycles. The van der Waals surface area contributed by atoms with Crippen molar-refractivity contribution in [1.29, 1.82) is 0 Å². The van der Waals surface area contributed by atoms with Crippen molar-refractivity contribution in [2.45, 2.75) is 6.92 Å². The van der Waals surface area contributed by atoms with Crippen LogP contribution in [0.25, 0.3) is 5.57 Å². The lowest BCUT2D eigenvalue weighted by Gasteiger charge is -2.20. The van der Waals surface area contributed by atoms with E-state index in [-0.39, 0.29) is 5.97 Å². The van der Waals surface area contributed by atoms with E-state index in [0.717, 1.165) is 16.7 Å². The normalized spacial score (nSPS) is 16.6. The first-order valence-electron chi connectivity index (χ1n) is 4.81. The first kappa shape index (κ1) is 9.71. The van der Waals surface area contributed by atoms with E-state index in [9.17, 15) is 4.79 Å². The smallest absolute Gasteiger partial charge is 0.334 e. The maximum Gasteiger partial charge on any atom is 0.334 e. The third kappa shape index (κ3) is 1.71. The topological polar surface area (TPSA) is 26.3 Å². The van der Waals surface area contributed by atoms with Crippen LogP contribution in [0.5, 0.6) is 0 Å². The number of carbonyl (C=O) groups is 1. The fourth-order valence-corrected chi connectivity index (χ4v) is 1.73. The standard InChI is InChI=1S/C13H12O2/c1-9-8-15-13(14)10(2)12(9)11-6-4-3-5-7-11/h3-7H,1,8H2,2H3. The van der Waals surface area contributed by atoms with Gasteiger partial charge >= 0.3 is 5.97 Å². The van der Waals surface area contributed by atoms with Crippen LogP contribution in [0.2, 0.25) is 0 Å². The summed E-state index contributed by atoms with van der Waals surface area (Å²) in [6, 6.07) is 9.79. The molecule has 1 aromatic rings. The van der Waals surface area contributed by atoms with E-state index in [1.165, 1.54) is 0 Å². The zero-order chi connectivity index (χ0) is 10.8. The van der Waals surface area contributed by atoms with Gasteiger partial charge in [0.2, 0.25) is 0 Å². The number of cyclic esters (lactones) is 1. The molecule has 2 heteroatoms. The Morgan fingerprint density at radius 3 is 2.60 bits per heavy atom. The molecule has 76 valence electrons. The molecule has 0 saturated carbocycles. The van der Waals surface area contributed by atoms with Gasteiger partial charge in [0.1, 0.15) is 6.61 Å². The molecule has 0 amide bonds. The molecule has 2 rings (SSSR count). The molecule has 0 spiro atoms. The molecule has 2 nitrogen and oxygen atoms in total. The van der Waals surface area contributed by atoms with Crippen molar-refractivity contribution in [3.63, 3.8) is 0 Å². The largest absolute Gasteiger partial charge is 0.457 e. The van der Waals surface area contributed by atoms with E-state index >= 15 is 0 Å². The van der Waals surface area contributed by atoms with E-state index in [4.69, 9.17) is 4.74 Å². The lowest BCUT2D eigenvalue weighted by molar-refractivity contribution is -0.138. The second-order valence-corrected chi connectivity index (χ2v) is 3.55. The summed E-state index contributed by atoms with van der Waals surface area (Å²) < 4.78 is 4.96.